The molecule has 8 nitrogen and oxygen atoms in total. The highest BCUT2D eigenvalue weighted by atomic mass is 16.5. The minimum Gasteiger partial charge on any atom is -0.497 e. The fraction of sp³-hybridized carbons (Fsp3) is 0.350. The van der Waals surface area contributed by atoms with Crippen LogP contribution in [-0.4, -0.2) is 38.9 Å². The smallest absolute Gasteiger partial charge is 0.192 e. The Hall–Kier alpha value is -3.29. The van der Waals surface area contributed by atoms with Crippen LogP contribution < -0.4 is 15.4 Å². The standard InChI is InChI=1S/C20H27N7O/c1-16-24-25-19(26(16)2)15-23-20(21-10-13-27-11-4-5-12-27)22-14-17-6-8-18(28-3)9-7-17/h4-9,11-12H,10,13-15H2,1-3H3,(H2,21,22,23). The molecule has 0 bridgehead atoms. The predicted octanol–water partition coefficient (Wildman–Crippen LogP) is 1.87. The van der Waals surface area contributed by atoms with Crippen LogP contribution in [0, 0.1) is 6.92 Å². The normalized spacial score (nSPS) is 11.5. The largest absolute Gasteiger partial charge is 0.497 e. The lowest BCUT2D eigenvalue weighted by molar-refractivity contribution is 0.414. The molecule has 8 heteroatoms. The Morgan fingerprint density at radius 1 is 1.11 bits per heavy atom. The first-order valence-electron chi connectivity index (χ1n) is 9.26. The van der Waals surface area contributed by atoms with Crippen molar-refractivity contribution in [2.75, 3.05) is 13.7 Å². The Morgan fingerprint density at radius 3 is 2.50 bits per heavy atom. The highest BCUT2D eigenvalue weighted by Crippen LogP contribution is 2.11. The number of aryl methyl sites for hydroxylation is 1. The van der Waals surface area contributed by atoms with Crippen molar-refractivity contribution in [2.45, 2.75) is 26.6 Å². The number of aliphatic imine (C=N–C) groups is 1. The van der Waals surface area contributed by atoms with Crippen LogP contribution in [0.25, 0.3) is 0 Å². The Labute approximate surface area is 165 Å². The van der Waals surface area contributed by atoms with Gasteiger partial charge in [0.1, 0.15) is 11.6 Å². The molecule has 0 saturated carbocycles. The first kappa shape index (κ1) is 19.5. The summed E-state index contributed by atoms with van der Waals surface area (Å²) in [6.07, 6.45) is 4.09. The van der Waals surface area contributed by atoms with Crippen molar-refractivity contribution in [3.8, 4) is 5.75 Å². The predicted molar refractivity (Wildman–Crippen MR) is 109 cm³/mol. The third-order valence-electron chi connectivity index (χ3n) is 4.50. The van der Waals surface area contributed by atoms with Crippen molar-refractivity contribution >= 4 is 5.96 Å². The number of methoxy groups -OCH3 is 1. The maximum Gasteiger partial charge on any atom is 0.192 e. The molecular weight excluding hydrogens is 354 g/mol. The van der Waals surface area contributed by atoms with Crippen LogP contribution in [0.1, 0.15) is 17.2 Å². The number of hydrogen-bond acceptors (Lipinski definition) is 4. The Balaban J connectivity index is 1.62. The van der Waals surface area contributed by atoms with E-state index in [0.717, 1.165) is 42.0 Å². The average molecular weight is 381 g/mol. The van der Waals surface area contributed by atoms with E-state index in [4.69, 9.17) is 9.73 Å². The summed E-state index contributed by atoms with van der Waals surface area (Å²) in [5, 5.41) is 15.0. The van der Waals surface area contributed by atoms with Crippen LogP contribution in [0.3, 0.4) is 0 Å². The molecule has 28 heavy (non-hydrogen) atoms. The second-order valence-corrected chi connectivity index (χ2v) is 6.44. The number of ether oxygens (including phenoxy) is 1. The van der Waals surface area contributed by atoms with Crippen LogP contribution in [0.2, 0.25) is 0 Å². The van der Waals surface area contributed by atoms with Crippen LogP contribution in [0.4, 0.5) is 0 Å². The summed E-state index contributed by atoms with van der Waals surface area (Å²) in [5.41, 5.74) is 1.11. The summed E-state index contributed by atoms with van der Waals surface area (Å²) in [5.74, 6) is 3.33. The molecule has 3 aromatic rings. The molecule has 0 radical (unpaired) electrons. The molecule has 0 saturated heterocycles. The zero-order valence-electron chi connectivity index (χ0n) is 16.6. The SMILES string of the molecule is COc1ccc(CN=C(NCCn2cccc2)NCc2nnc(C)n2C)cc1. The molecule has 3 rings (SSSR count). The lowest BCUT2D eigenvalue weighted by atomic mass is 10.2. The molecular formula is C20H27N7O. The number of hydrogen-bond donors (Lipinski definition) is 2. The second-order valence-electron chi connectivity index (χ2n) is 6.44. The summed E-state index contributed by atoms with van der Waals surface area (Å²) in [4.78, 5) is 4.71. The van der Waals surface area contributed by atoms with Crippen LogP contribution in [0.15, 0.2) is 53.8 Å². The lowest BCUT2D eigenvalue weighted by Gasteiger charge is -2.13. The topological polar surface area (TPSA) is 81.3 Å². The van der Waals surface area contributed by atoms with Crippen molar-refractivity contribution < 1.29 is 4.74 Å². The third kappa shape index (κ3) is 5.35. The molecule has 0 aliphatic rings. The average Bonchev–Trinajstić information content (AvgIpc) is 3.35. The number of guanidine groups is 1. The van der Waals surface area contributed by atoms with Crippen LogP contribution in [0.5, 0.6) is 5.75 Å². The molecule has 2 aromatic heterocycles. The summed E-state index contributed by atoms with van der Waals surface area (Å²) in [6, 6.07) is 12.0. The summed E-state index contributed by atoms with van der Waals surface area (Å²) in [7, 11) is 3.62. The zero-order valence-corrected chi connectivity index (χ0v) is 16.6. The van der Waals surface area contributed by atoms with Crippen molar-refractivity contribution in [3.63, 3.8) is 0 Å². The van der Waals surface area contributed by atoms with E-state index in [2.05, 4.69) is 25.4 Å². The molecule has 0 aliphatic carbocycles. The molecule has 2 heterocycles. The van der Waals surface area contributed by atoms with Crippen molar-refractivity contribution in [3.05, 3.63) is 66.0 Å². The minimum atomic E-state index is 0.551. The van der Waals surface area contributed by atoms with Gasteiger partial charge in [0.05, 0.1) is 20.2 Å². The van der Waals surface area contributed by atoms with Gasteiger partial charge in [0.2, 0.25) is 0 Å². The minimum absolute atomic E-state index is 0.551. The van der Waals surface area contributed by atoms with Crippen LogP contribution in [-0.2, 0) is 26.7 Å². The fourth-order valence-corrected chi connectivity index (χ4v) is 2.67. The Bertz CT molecular complexity index is 882. The van der Waals surface area contributed by atoms with Gasteiger partial charge in [0.25, 0.3) is 0 Å². The van der Waals surface area contributed by atoms with E-state index >= 15 is 0 Å². The van der Waals surface area contributed by atoms with Crippen molar-refractivity contribution in [1.29, 1.82) is 0 Å². The van der Waals surface area contributed by atoms with Gasteiger partial charge in [-0.15, -0.1) is 10.2 Å². The summed E-state index contributed by atoms with van der Waals surface area (Å²) in [6.45, 7) is 4.68. The molecule has 0 atom stereocenters. The maximum atomic E-state index is 5.21. The van der Waals surface area contributed by atoms with Gasteiger partial charge in [0.15, 0.2) is 11.8 Å². The fourth-order valence-electron chi connectivity index (χ4n) is 2.67. The first-order valence-corrected chi connectivity index (χ1v) is 9.26. The van der Waals surface area contributed by atoms with Gasteiger partial charge in [-0.05, 0) is 36.8 Å². The molecule has 0 unspecified atom stereocenters. The quantitative estimate of drug-likeness (QED) is 0.460. The third-order valence-corrected chi connectivity index (χ3v) is 4.50. The van der Waals surface area contributed by atoms with Gasteiger partial charge in [-0.1, -0.05) is 12.1 Å². The number of nitrogens with one attached hydrogen (secondary N) is 2. The van der Waals surface area contributed by atoms with Crippen molar-refractivity contribution in [1.82, 2.24) is 30.0 Å². The molecule has 2 N–H and O–H groups in total. The van der Waals surface area contributed by atoms with E-state index in [0.29, 0.717) is 13.1 Å². The first-order chi connectivity index (χ1) is 13.7. The molecule has 0 amide bonds. The number of benzene rings is 1. The molecule has 0 fully saturated rings. The highest BCUT2D eigenvalue weighted by Gasteiger charge is 2.06. The number of nitrogens with zero attached hydrogens (tertiary/aromatic N) is 5. The maximum absolute atomic E-state index is 5.21. The van der Waals surface area contributed by atoms with Crippen molar-refractivity contribution in [2.24, 2.45) is 12.0 Å². The van der Waals surface area contributed by atoms with Crippen LogP contribution >= 0.6 is 0 Å². The summed E-state index contributed by atoms with van der Waals surface area (Å²) >= 11 is 0. The second kappa shape index (κ2) is 9.59. The monoisotopic (exact) mass is 381 g/mol. The van der Waals surface area contributed by atoms with E-state index in [9.17, 15) is 0 Å². The van der Waals surface area contributed by atoms with Gasteiger partial charge >= 0.3 is 0 Å². The summed E-state index contributed by atoms with van der Waals surface area (Å²) < 4.78 is 9.30. The Morgan fingerprint density at radius 2 is 1.86 bits per heavy atom. The lowest BCUT2D eigenvalue weighted by Crippen LogP contribution is -2.39. The molecule has 1 aromatic carbocycles. The molecule has 148 valence electrons. The van der Waals surface area contributed by atoms with Gasteiger partial charge in [-0.2, -0.15) is 0 Å². The van der Waals surface area contributed by atoms with E-state index in [1.165, 1.54) is 0 Å². The van der Waals surface area contributed by atoms with E-state index in [1.807, 2.05) is 67.3 Å². The Kier molecular flexibility index (Phi) is 6.67. The molecule has 0 aliphatic heterocycles. The number of aromatic nitrogens is 4. The van der Waals surface area contributed by atoms with Gasteiger partial charge in [0, 0.05) is 32.5 Å². The van der Waals surface area contributed by atoms with Gasteiger partial charge < -0.3 is 24.5 Å². The van der Waals surface area contributed by atoms with E-state index in [-0.39, 0.29) is 0 Å². The van der Waals surface area contributed by atoms with Gasteiger partial charge in [-0.25, -0.2) is 4.99 Å². The number of rotatable bonds is 8. The molecule has 0 spiro atoms. The van der Waals surface area contributed by atoms with E-state index in [1.54, 1.807) is 7.11 Å². The van der Waals surface area contributed by atoms with Gasteiger partial charge in [-0.3, -0.25) is 0 Å². The van der Waals surface area contributed by atoms with E-state index < -0.39 is 0 Å². The highest BCUT2D eigenvalue weighted by molar-refractivity contribution is 5.79. The zero-order chi connectivity index (χ0) is 19.8.